The fourth-order valence-corrected chi connectivity index (χ4v) is 2.24. The molecule has 1 amide bonds. The lowest BCUT2D eigenvalue weighted by molar-refractivity contribution is 0.0981. The van der Waals surface area contributed by atoms with E-state index in [1.165, 1.54) is 18.2 Å². The third-order valence-corrected chi connectivity index (χ3v) is 3.29. The first-order valence-electron chi connectivity index (χ1n) is 5.90. The van der Waals surface area contributed by atoms with Crippen LogP contribution in [0.2, 0.25) is 5.02 Å². The molecule has 1 N–H and O–H groups in total. The van der Waals surface area contributed by atoms with Crippen molar-refractivity contribution in [2.75, 3.05) is 6.26 Å². The zero-order chi connectivity index (χ0) is 15.5. The Balaban J connectivity index is 2.20. The quantitative estimate of drug-likeness (QED) is 0.938. The van der Waals surface area contributed by atoms with Gasteiger partial charge >= 0.3 is 0 Å². The van der Waals surface area contributed by atoms with Gasteiger partial charge in [0, 0.05) is 5.56 Å². The molecule has 0 saturated heterocycles. The molecular formula is C14H12ClNO4S. The number of carbonyl (C=O) groups is 1. The van der Waals surface area contributed by atoms with E-state index in [2.05, 4.69) is 0 Å². The number of halogens is 1. The highest BCUT2D eigenvalue weighted by Gasteiger charge is 2.13. The van der Waals surface area contributed by atoms with Gasteiger partial charge in [-0.25, -0.2) is 13.1 Å². The largest absolute Gasteiger partial charge is 0.456 e. The molecule has 0 radical (unpaired) electrons. The number of ether oxygens (including phenoxy) is 1. The normalized spacial score (nSPS) is 11.0. The fourth-order valence-electron chi connectivity index (χ4n) is 1.57. The molecule has 0 bridgehead atoms. The van der Waals surface area contributed by atoms with Crippen molar-refractivity contribution in [1.29, 1.82) is 0 Å². The number of hydrogen-bond acceptors (Lipinski definition) is 4. The van der Waals surface area contributed by atoms with Crippen LogP contribution in [0.4, 0.5) is 0 Å². The molecular weight excluding hydrogens is 314 g/mol. The minimum Gasteiger partial charge on any atom is -0.456 e. The van der Waals surface area contributed by atoms with E-state index in [0.717, 1.165) is 6.26 Å². The third kappa shape index (κ3) is 4.47. The van der Waals surface area contributed by atoms with Crippen LogP contribution in [0.1, 0.15) is 10.4 Å². The van der Waals surface area contributed by atoms with E-state index in [4.69, 9.17) is 16.3 Å². The number of benzene rings is 2. The average Bonchev–Trinajstić information content (AvgIpc) is 2.40. The van der Waals surface area contributed by atoms with Gasteiger partial charge in [0.1, 0.15) is 11.5 Å². The topological polar surface area (TPSA) is 72.5 Å². The predicted octanol–water partition coefficient (Wildman–Crippen LogP) is 2.82. The van der Waals surface area contributed by atoms with Crippen LogP contribution in [0.3, 0.4) is 0 Å². The first kappa shape index (κ1) is 15.3. The van der Waals surface area contributed by atoms with E-state index in [1.54, 1.807) is 12.1 Å². The summed E-state index contributed by atoms with van der Waals surface area (Å²) < 4.78 is 29.5. The van der Waals surface area contributed by atoms with Crippen molar-refractivity contribution < 1.29 is 17.9 Å². The van der Waals surface area contributed by atoms with Crippen LogP contribution in [0.25, 0.3) is 0 Å². The smallest absolute Gasteiger partial charge is 0.264 e. The minimum absolute atomic E-state index is 0.130. The molecule has 0 fully saturated rings. The summed E-state index contributed by atoms with van der Waals surface area (Å²) in [6, 6.07) is 13.3. The van der Waals surface area contributed by atoms with Crippen molar-refractivity contribution in [3.63, 3.8) is 0 Å². The van der Waals surface area contributed by atoms with Crippen molar-refractivity contribution in [3.05, 3.63) is 59.1 Å². The number of hydrogen-bond donors (Lipinski definition) is 1. The molecule has 0 unspecified atom stereocenters. The Morgan fingerprint density at radius 1 is 1.14 bits per heavy atom. The van der Waals surface area contributed by atoms with E-state index < -0.39 is 15.9 Å². The second-order valence-electron chi connectivity index (χ2n) is 4.26. The van der Waals surface area contributed by atoms with Crippen LogP contribution >= 0.6 is 11.6 Å². The van der Waals surface area contributed by atoms with Crippen LogP contribution in [-0.2, 0) is 10.0 Å². The molecule has 0 aliphatic carbocycles. The number of sulfonamides is 1. The summed E-state index contributed by atoms with van der Waals surface area (Å²) in [5.74, 6) is 0.233. The summed E-state index contributed by atoms with van der Waals surface area (Å²) in [5.41, 5.74) is 0.130. The summed E-state index contributed by atoms with van der Waals surface area (Å²) >= 11 is 6.04. The molecule has 0 spiro atoms. The molecule has 2 aromatic rings. The third-order valence-electron chi connectivity index (χ3n) is 2.44. The highest BCUT2D eigenvalue weighted by molar-refractivity contribution is 7.89. The van der Waals surface area contributed by atoms with E-state index in [1.807, 2.05) is 22.9 Å². The van der Waals surface area contributed by atoms with Crippen molar-refractivity contribution in [3.8, 4) is 11.5 Å². The molecule has 0 heterocycles. The second kappa shape index (κ2) is 6.15. The first-order valence-corrected chi connectivity index (χ1v) is 8.17. The van der Waals surface area contributed by atoms with E-state index in [-0.39, 0.29) is 10.6 Å². The number of para-hydroxylation sites is 1. The Labute approximate surface area is 127 Å². The van der Waals surface area contributed by atoms with Crippen molar-refractivity contribution in [2.45, 2.75) is 0 Å². The van der Waals surface area contributed by atoms with Crippen LogP contribution < -0.4 is 9.46 Å². The summed E-state index contributed by atoms with van der Waals surface area (Å²) in [5, 5.41) is 0.208. The van der Waals surface area contributed by atoms with E-state index in [9.17, 15) is 13.2 Å². The van der Waals surface area contributed by atoms with Crippen LogP contribution in [0.15, 0.2) is 48.5 Å². The lowest BCUT2D eigenvalue weighted by Crippen LogP contribution is -2.29. The fraction of sp³-hybridized carbons (Fsp3) is 0.0714. The highest BCUT2D eigenvalue weighted by Crippen LogP contribution is 2.29. The molecule has 0 aromatic heterocycles. The molecule has 0 saturated carbocycles. The maximum atomic E-state index is 11.7. The van der Waals surface area contributed by atoms with Crippen molar-refractivity contribution >= 4 is 27.5 Å². The van der Waals surface area contributed by atoms with Gasteiger partial charge in [-0.3, -0.25) is 4.79 Å². The molecule has 110 valence electrons. The molecule has 2 aromatic carbocycles. The summed E-state index contributed by atoms with van der Waals surface area (Å²) in [7, 11) is -3.62. The van der Waals surface area contributed by atoms with Gasteiger partial charge in [-0.1, -0.05) is 29.8 Å². The van der Waals surface area contributed by atoms with Crippen molar-refractivity contribution in [2.24, 2.45) is 0 Å². The van der Waals surface area contributed by atoms with Crippen LogP contribution in [0, 0.1) is 0 Å². The average molecular weight is 326 g/mol. The number of nitrogens with one attached hydrogen (secondary N) is 1. The summed E-state index contributed by atoms with van der Waals surface area (Å²) in [4.78, 5) is 11.7. The first-order chi connectivity index (χ1) is 9.85. The molecule has 0 atom stereocenters. The SMILES string of the molecule is CS(=O)(=O)NC(=O)c1ccc(Oc2ccccc2)c(Cl)c1. The van der Waals surface area contributed by atoms with Crippen molar-refractivity contribution in [1.82, 2.24) is 4.72 Å². The van der Waals surface area contributed by atoms with E-state index >= 15 is 0 Å². The molecule has 0 aliphatic rings. The Morgan fingerprint density at radius 3 is 2.38 bits per heavy atom. The Hall–Kier alpha value is -2.05. The number of rotatable bonds is 4. The van der Waals surface area contributed by atoms with Gasteiger partial charge in [0.25, 0.3) is 5.91 Å². The highest BCUT2D eigenvalue weighted by atomic mass is 35.5. The number of carbonyl (C=O) groups excluding carboxylic acids is 1. The van der Waals surface area contributed by atoms with Crippen LogP contribution in [-0.4, -0.2) is 20.6 Å². The molecule has 0 aliphatic heterocycles. The van der Waals surface area contributed by atoms with Gasteiger partial charge in [-0.05, 0) is 30.3 Å². The Bertz CT molecular complexity index is 760. The molecule has 2 rings (SSSR count). The Morgan fingerprint density at radius 2 is 1.81 bits per heavy atom. The zero-order valence-electron chi connectivity index (χ0n) is 11.0. The lowest BCUT2D eigenvalue weighted by atomic mass is 10.2. The van der Waals surface area contributed by atoms with Crippen LogP contribution in [0.5, 0.6) is 11.5 Å². The predicted molar refractivity (Wildman–Crippen MR) is 80.3 cm³/mol. The zero-order valence-corrected chi connectivity index (χ0v) is 12.6. The maximum Gasteiger partial charge on any atom is 0.264 e. The number of amides is 1. The Kier molecular flexibility index (Phi) is 4.50. The van der Waals surface area contributed by atoms with Gasteiger partial charge in [0.05, 0.1) is 11.3 Å². The second-order valence-corrected chi connectivity index (χ2v) is 6.42. The van der Waals surface area contributed by atoms with Gasteiger partial charge in [0.15, 0.2) is 0 Å². The molecule has 21 heavy (non-hydrogen) atoms. The maximum absolute atomic E-state index is 11.7. The van der Waals surface area contributed by atoms with Gasteiger partial charge in [-0.15, -0.1) is 0 Å². The lowest BCUT2D eigenvalue weighted by Gasteiger charge is -2.09. The monoisotopic (exact) mass is 325 g/mol. The molecule has 5 nitrogen and oxygen atoms in total. The van der Waals surface area contributed by atoms with Gasteiger partial charge < -0.3 is 4.74 Å². The summed E-state index contributed by atoms with van der Waals surface area (Å²) in [6.45, 7) is 0. The molecule has 7 heteroatoms. The summed E-state index contributed by atoms with van der Waals surface area (Å²) in [6.07, 6.45) is 0.902. The van der Waals surface area contributed by atoms with Gasteiger partial charge in [-0.2, -0.15) is 0 Å². The van der Waals surface area contributed by atoms with Gasteiger partial charge in [0.2, 0.25) is 10.0 Å². The van der Waals surface area contributed by atoms with E-state index in [0.29, 0.717) is 11.5 Å². The standard InChI is InChI=1S/C14H12ClNO4S/c1-21(18,19)16-14(17)10-7-8-13(12(15)9-10)20-11-5-3-2-4-6-11/h2-9H,1H3,(H,16,17). The minimum atomic E-state index is -3.62.